The van der Waals surface area contributed by atoms with E-state index >= 15 is 0 Å². The van der Waals surface area contributed by atoms with Gasteiger partial charge >= 0.3 is 0 Å². The second kappa shape index (κ2) is 9.38. The molecule has 0 aliphatic carbocycles. The van der Waals surface area contributed by atoms with E-state index in [1.165, 1.54) is 6.26 Å². The zero-order valence-corrected chi connectivity index (χ0v) is 17.6. The number of carbonyl (C=O) groups excluding carboxylic acids is 1. The van der Waals surface area contributed by atoms with E-state index in [0.717, 1.165) is 34.8 Å². The predicted molar refractivity (Wildman–Crippen MR) is 117 cm³/mol. The van der Waals surface area contributed by atoms with Crippen LogP contribution in [-0.2, 0) is 6.54 Å². The Morgan fingerprint density at radius 3 is 2.77 bits per heavy atom. The van der Waals surface area contributed by atoms with E-state index in [2.05, 4.69) is 9.88 Å². The van der Waals surface area contributed by atoms with Crippen LogP contribution in [0.25, 0.3) is 11.0 Å². The summed E-state index contributed by atoms with van der Waals surface area (Å²) in [6.45, 7) is 3.18. The summed E-state index contributed by atoms with van der Waals surface area (Å²) >= 11 is 0. The van der Waals surface area contributed by atoms with Gasteiger partial charge in [-0.15, -0.1) is 0 Å². The number of fused-ring (bicyclic) bond motifs is 1. The number of imidazole rings is 1. The van der Waals surface area contributed by atoms with Gasteiger partial charge in [0, 0.05) is 12.6 Å². The molecule has 2 aromatic carbocycles. The lowest BCUT2D eigenvalue weighted by Gasteiger charge is -2.16. The summed E-state index contributed by atoms with van der Waals surface area (Å²) in [6, 6.07) is 18.6. The zero-order chi connectivity index (χ0) is 21.6. The first-order valence-electron chi connectivity index (χ1n) is 10.2. The molecule has 2 aromatic heterocycles. The first kappa shape index (κ1) is 20.5. The molecule has 7 heteroatoms. The number of aromatic nitrogens is 2. The minimum absolute atomic E-state index is 0.266. The van der Waals surface area contributed by atoms with Gasteiger partial charge in [-0.05, 0) is 49.7 Å². The number of benzene rings is 2. The van der Waals surface area contributed by atoms with Crippen LogP contribution in [0.3, 0.4) is 0 Å². The summed E-state index contributed by atoms with van der Waals surface area (Å²) in [7, 11) is 1.64. The molecule has 4 rings (SSSR count). The third-order valence-corrected chi connectivity index (χ3v) is 5.00. The fourth-order valence-electron chi connectivity index (χ4n) is 3.50. The fourth-order valence-corrected chi connectivity index (χ4v) is 3.50. The Morgan fingerprint density at radius 2 is 1.97 bits per heavy atom. The summed E-state index contributed by atoms with van der Waals surface area (Å²) < 4.78 is 18.4. The first-order chi connectivity index (χ1) is 15.2. The number of carbonyl (C=O) groups is 1. The zero-order valence-electron chi connectivity index (χ0n) is 17.6. The van der Waals surface area contributed by atoms with Crippen molar-refractivity contribution >= 4 is 16.9 Å². The van der Waals surface area contributed by atoms with Gasteiger partial charge in [0.05, 0.1) is 37.1 Å². The number of ether oxygens (including phenoxy) is 2. The molecule has 0 saturated carbocycles. The summed E-state index contributed by atoms with van der Waals surface area (Å²) in [5, 5.41) is 2.97. The van der Waals surface area contributed by atoms with Gasteiger partial charge in [-0.3, -0.25) is 4.79 Å². The predicted octanol–water partition coefficient (Wildman–Crippen LogP) is 4.60. The molecular formula is C24H25N3O4. The number of hydrogen-bond donors (Lipinski definition) is 1. The summed E-state index contributed by atoms with van der Waals surface area (Å²) in [5.74, 6) is 2.34. The quantitative estimate of drug-likeness (QED) is 0.401. The van der Waals surface area contributed by atoms with Crippen LogP contribution in [0.15, 0.2) is 71.3 Å². The molecule has 2 heterocycles. The summed E-state index contributed by atoms with van der Waals surface area (Å²) in [5.41, 5.74) is 1.92. The van der Waals surface area contributed by atoms with Crippen molar-refractivity contribution in [3.05, 3.63) is 78.5 Å². The Kier molecular flexibility index (Phi) is 6.21. The highest BCUT2D eigenvalue weighted by Gasteiger charge is 2.20. The maximum absolute atomic E-state index is 12.4. The molecule has 0 spiro atoms. The van der Waals surface area contributed by atoms with Crippen molar-refractivity contribution < 1.29 is 18.7 Å². The fraction of sp³-hybridized carbons (Fsp3) is 0.250. The van der Waals surface area contributed by atoms with E-state index in [0.29, 0.717) is 13.2 Å². The lowest BCUT2D eigenvalue weighted by Crippen LogP contribution is -2.28. The molecule has 0 bridgehead atoms. The number of nitrogens with one attached hydrogen (secondary N) is 1. The number of hydrogen-bond acceptors (Lipinski definition) is 5. The highest BCUT2D eigenvalue weighted by Crippen LogP contribution is 2.22. The third-order valence-electron chi connectivity index (χ3n) is 5.00. The minimum Gasteiger partial charge on any atom is -0.497 e. The molecule has 31 heavy (non-hydrogen) atoms. The van der Waals surface area contributed by atoms with E-state index in [9.17, 15) is 4.79 Å². The smallest absolute Gasteiger partial charge is 0.287 e. The number of amides is 1. The van der Waals surface area contributed by atoms with Crippen LogP contribution in [0.1, 0.15) is 35.8 Å². The molecule has 0 fully saturated rings. The molecule has 7 nitrogen and oxygen atoms in total. The van der Waals surface area contributed by atoms with Crippen LogP contribution in [0.5, 0.6) is 11.5 Å². The van der Waals surface area contributed by atoms with Crippen molar-refractivity contribution in [2.45, 2.75) is 25.9 Å². The minimum atomic E-state index is -0.288. The van der Waals surface area contributed by atoms with E-state index in [4.69, 9.17) is 18.9 Å². The van der Waals surface area contributed by atoms with Crippen molar-refractivity contribution in [2.75, 3.05) is 13.7 Å². The third kappa shape index (κ3) is 4.71. The SMILES string of the molecule is COc1cccc(OCCCn2c([C@H](C)NC(=O)c3ccco3)nc3ccccc32)c1. The van der Waals surface area contributed by atoms with Gasteiger partial charge in [0.1, 0.15) is 17.3 Å². The molecule has 160 valence electrons. The van der Waals surface area contributed by atoms with Gasteiger partial charge in [0.15, 0.2) is 5.76 Å². The van der Waals surface area contributed by atoms with Gasteiger partial charge in [0.25, 0.3) is 5.91 Å². The van der Waals surface area contributed by atoms with Crippen molar-refractivity contribution in [3.8, 4) is 11.5 Å². The average Bonchev–Trinajstić information content (AvgIpc) is 3.45. The molecule has 1 atom stereocenters. The van der Waals surface area contributed by atoms with Crippen LogP contribution in [-0.4, -0.2) is 29.2 Å². The standard InChI is InChI=1S/C24H25N3O4/c1-17(25-24(28)22-12-6-14-31-22)23-26-20-10-3-4-11-21(20)27(23)13-7-15-30-19-9-5-8-18(16-19)29-2/h3-6,8-12,14,16-17H,7,13,15H2,1-2H3,(H,25,28)/t17-/m0/s1. The Hall–Kier alpha value is -3.74. The number of methoxy groups -OCH3 is 1. The van der Waals surface area contributed by atoms with Crippen LogP contribution in [0.2, 0.25) is 0 Å². The van der Waals surface area contributed by atoms with Gasteiger partial charge in [-0.2, -0.15) is 0 Å². The normalized spacial score (nSPS) is 11.9. The van der Waals surface area contributed by atoms with Crippen molar-refractivity contribution in [1.29, 1.82) is 0 Å². The first-order valence-corrected chi connectivity index (χ1v) is 10.2. The number of rotatable bonds is 9. The lowest BCUT2D eigenvalue weighted by atomic mass is 10.2. The molecule has 0 aliphatic heterocycles. The number of para-hydroxylation sites is 2. The maximum Gasteiger partial charge on any atom is 0.287 e. The number of nitrogens with zero attached hydrogens (tertiary/aromatic N) is 2. The molecule has 0 saturated heterocycles. The van der Waals surface area contributed by atoms with Crippen molar-refractivity contribution in [2.24, 2.45) is 0 Å². The lowest BCUT2D eigenvalue weighted by molar-refractivity contribution is 0.0909. The summed E-state index contributed by atoms with van der Waals surface area (Å²) in [6.07, 6.45) is 2.26. The average molecular weight is 419 g/mol. The molecule has 1 N–H and O–H groups in total. The van der Waals surface area contributed by atoms with Gasteiger partial charge in [-0.1, -0.05) is 18.2 Å². The van der Waals surface area contributed by atoms with Crippen molar-refractivity contribution in [1.82, 2.24) is 14.9 Å². The molecule has 4 aromatic rings. The van der Waals surface area contributed by atoms with Gasteiger partial charge < -0.3 is 23.8 Å². The molecule has 0 aliphatic rings. The Bertz CT molecular complexity index is 1150. The maximum atomic E-state index is 12.4. The van der Waals surface area contributed by atoms with Gasteiger partial charge in [-0.25, -0.2) is 4.98 Å². The largest absolute Gasteiger partial charge is 0.497 e. The van der Waals surface area contributed by atoms with E-state index < -0.39 is 0 Å². The Morgan fingerprint density at radius 1 is 1.13 bits per heavy atom. The molecule has 0 radical (unpaired) electrons. The van der Waals surface area contributed by atoms with Crippen LogP contribution in [0, 0.1) is 0 Å². The van der Waals surface area contributed by atoms with E-state index in [1.807, 2.05) is 55.5 Å². The van der Waals surface area contributed by atoms with E-state index in [-0.39, 0.29) is 17.7 Å². The highest BCUT2D eigenvalue weighted by atomic mass is 16.5. The number of aryl methyl sites for hydroxylation is 1. The van der Waals surface area contributed by atoms with Crippen LogP contribution in [0.4, 0.5) is 0 Å². The summed E-state index contributed by atoms with van der Waals surface area (Å²) in [4.78, 5) is 17.2. The van der Waals surface area contributed by atoms with Crippen molar-refractivity contribution in [3.63, 3.8) is 0 Å². The van der Waals surface area contributed by atoms with Gasteiger partial charge in [0.2, 0.25) is 0 Å². The molecule has 1 amide bonds. The van der Waals surface area contributed by atoms with Crippen LogP contribution < -0.4 is 14.8 Å². The highest BCUT2D eigenvalue weighted by molar-refractivity contribution is 5.91. The monoisotopic (exact) mass is 419 g/mol. The van der Waals surface area contributed by atoms with E-state index in [1.54, 1.807) is 19.2 Å². The number of furan rings is 1. The topological polar surface area (TPSA) is 78.5 Å². The second-order valence-corrected chi connectivity index (χ2v) is 7.16. The second-order valence-electron chi connectivity index (χ2n) is 7.16. The molecule has 0 unspecified atom stereocenters. The molecular weight excluding hydrogens is 394 g/mol. The Balaban J connectivity index is 1.46. The van der Waals surface area contributed by atoms with Crippen LogP contribution >= 0.6 is 0 Å². The Labute approximate surface area is 180 Å².